The van der Waals surface area contributed by atoms with Gasteiger partial charge in [-0.3, -0.25) is 4.79 Å². The van der Waals surface area contributed by atoms with Gasteiger partial charge in [-0.1, -0.05) is 30.3 Å². The molecule has 2 N–H and O–H groups in total. The van der Waals surface area contributed by atoms with Gasteiger partial charge in [-0.25, -0.2) is 0 Å². The Kier molecular flexibility index (Phi) is 4.59. The summed E-state index contributed by atoms with van der Waals surface area (Å²) in [6.45, 7) is 4.28. The third-order valence-corrected chi connectivity index (χ3v) is 4.10. The maximum Gasteiger partial charge on any atom is 0.224 e. The Labute approximate surface area is 115 Å². The Balaban J connectivity index is 2.00. The van der Waals surface area contributed by atoms with E-state index in [4.69, 9.17) is 5.73 Å². The predicted octanol–water partition coefficient (Wildman–Crippen LogP) is 2.87. The van der Waals surface area contributed by atoms with Crippen LogP contribution in [-0.2, 0) is 4.79 Å². The average molecular weight is 260 g/mol. The minimum absolute atomic E-state index is 0.191. The highest BCUT2D eigenvalue weighted by Crippen LogP contribution is 2.25. The third kappa shape index (κ3) is 3.35. The molecule has 1 aliphatic heterocycles. The van der Waals surface area contributed by atoms with Gasteiger partial charge in [-0.05, 0) is 38.7 Å². The maximum absolute atomic E-state index is 12.4. The summed E-state index contributed by atoms with van der Waals surface area (Å²) in [7, 11) is 0. The fourth-order valence-electron chi connectivity index (χ4n) is 3.02. The summed E-state index contributed by atoms with van der Waals surface area (Å²) in [5.74, 6) is 0.191. The van der Waals surface area contributed by atoms with Crippen molar-refractivity contribution in [2.45, 2.75) is 57.7 Å². The summed E-state index contributed by atoms with van der Waals surface area (Å²) < 4.78 is 0. The molecule has 0 aromatic heterocycles. The number of carbonyl (C=O) groups is 1. The Morgan fingerprint density at radius 3 is 2.42 bits per heavy atom. The molecule has 0 radical (unpaired) electrons. The van der Waals surface area contributed by atoms with Gasteiger partial charge in [0.05, 0.1) is 0 Å². The van der Waals surface area contributed by atoms with Crippen molar-refractivity contribution >= 4 is 5.91 Å². The first-order valence-electron chi connectivity index (χ1n) is 7.21. The van der Waals surface area contributed by atoms with Gasteiger partial charge < -0.3 is 10.6 Å². The van der Waals surface area contributed by atoms with Gasteiger partial charge in [-0.2, -0.15) is 0 Å². The van der Waals surface area contributed by atoms with Crippen LogP contribution in [0.1, 0.15) is 51.1 Å². The highest BCUT2D eigenvalue weighted by atomic mass is 16.2. The summed E-state index contributed by atoms with van der Waals surface area (Å²) >= 11 is 0. The summed E-state index contributed by atoms with van der Waals surface area (Å²) in [6, 6.07) is 10.4. The number of hydrogen-bond donors (Lipinski definition) is 1. The fourth-order valence-corrected chi connectivity index (χ4v) is 3.02. The number of likely N-dealkylation sites (tertiary alicyclic amines) is 1. The highest BCUT2D eigenvalue weighted by molar-refractivity contribution is 5.77. The number of piperidine rings is 1. The number of nitrogens with zero attached hydrogens (tertiary/aromatic N) is 1. The van der Waals surface area contributed by atoms with Crippen LogP contribution in [0.25, 0.3) is 0 Å². The summed E-state index contributed by atoms with van der Waals surface area (Å²) in [5.41, 5.74) is 7.18. The standard InChI is InChI=1S/C16H24N2O/c1-12-7-6-8-13(2)18(12)16(19)11-15(17)14-9-4-3-5-10-14/h3-5,9-10,12-13,15H,6-8,11,17H2,1-2H3. The SMILES string of the molecule is CC1CCCC(C)N1C(=O)CC(N)c1ccccc1. The van der Waals surface area contributed by atoms with E-state index in [9.17, 15) is 4.79 Å². The van der Waals surface area contributed by atoms with Gasteiger partial charge in [0.25, 0.3) is 0 Å². The van der Waals surface area contributed by atoms with Gasteiger partial charge in [0, 0.05) is 24.5 Å². The molecule has 3 heteroatoms. The Morgan fingerprint density at radius 1 is 1.26 bits per heavy atom. The molecule has 3 unspecified atom stereocenters. The highest BCUT2D eigenvalue weighted by Gasteiger charge is 2.29. The summed E-state index contributed by atoms with van der Waals surface area (Å²) in [5, 5.41) is 0. The largest absolute Gasteiger partial charge is 0.337 e. The molecule has 104 valence electrons. The van der Waals surface area contributed by atoms with Crippen molar-refractivity contribution in [3.63, 3.8) is 0 Å². The van der Waals surface area contributed by atoms with Crippen LogP contribution < -0.4 is 5.73 Å². The molecular formula is C16H24N2O. The van der Waals surface area contributed by atoms with Crippen molar-refractivity contribution < 1.29 is 4.79 Å². The number of amides is 1. The van der Waals surface area contributed by atoms with Crippen molar-refractivity contribution in [1.29, 1.82) is 0 Å². The van der Waals surface area contributed by atoms with Crippen LogP contribution in [0.5, 0.6) is 0 Å². The van der Waals surface area contributed by atoms with Crippen LogP contribution in [0, 0.1) is 0 Å². The van der Waals surface area contributed by atoms with Crippen molar-refractivity contribution in [2.24, 2.45) is 5.73 Å². The second-order valence-corrected chi connectivity index (χ2v) is 5.65. The normalized spacial score (nSPS) is 25.1. The smallest absolute Gasteiger partial charge is 0.224 e. The van der Waals surface area contributed by atoms with Crippen LogP contribution in [-0.4, -0.2) is 22.9 Å². The molecule has 0 bridgehead atoms. The van der Waals surface area contributed by atoms with E-state index in [0.29, 0.717) is 18.5 Å². The first kappa shape index (κ1) is 14.1. The Hall–Kier alpha value is -1.35. The van der Waals surface area contributed by atoms with Gasteiger partial charge in [0.1, 0.15) is 0 Å². The van der Waals surface area contributed by atoms with Gasteiger partial charge in [0.2, 0.25) is 5.91 Å². The third-order valence-electron chi connectivity index (χ3n) is 4.10. The van der Waals surface area contributed by atoms with Crippen molar-refractivity contribution in [3.8, 4) is 0 Å². The zero-order valence-corrected chi connectivity index (χ0v) is 11.9. The zero-order valence-electron chi connectivity index (χ0n) is 11.9. The van der Waals surface area contributed by atoms with E-state index in [2.05, 4.69) is 13.8 Å². The van der Waals surface area contributed by atoms with Crippen LogP contribution >= 0.6 is 0 Å². The average Bonchev–Trinajstić information content (AvgIpc) is 2.39. The van der Waals surface area contributed by atoms with Crippen LogP contribution in [0.3, 0.4) is 0 Å². The molecular weight excluding hydrogens is 236 g/mol. The lowest BCUT2D eigenvalue weighted by Crippen LogP contribution is -2.48. The lowest BCUT2D eigenvalue weighted by Gasteiger charge is -2.39. The van der Waals surface area contributed by atoms with Crippen LogP contribution in [0.4, 0.5) is 0 Å². The predicted molar refractivity (Wildman–Crippen MR) is 77.6 cm³/mol. The zero-order chi connectivity index (χ0) is 13.8. The van der Waals surface area contributed by atoms with E-state index in [1.165, 1.54) is 6.42 Å². The molecule has 1 fully saturated rings. The lowest BCUT2D eigenvalue weighted by molar-refractivity contribution is -0.137. The minimum Gasteiger partial charge on any atom is -0.337 e. The van der Waals surface area contributed by atoms with E-state index in [1.807, 2.05) is 35.2 Å². The molecule has 19 heavy (non-hydrogen) atoms. The van der Waals surface area contributed by atoms with E-state index in [0.717, 1.165) is 18.4 Å². The van der Waals surface area contributed by atoms with Crippen molar-refractivity contribution in [2.75, 3.05) is 0 Å². The molecule has 1 amide bonds. The first-order chi connectivity index (χ1) is 9.09. The monoisotopic (exact) mass is 260 g/mol. The molecule has 0 saturated carbocycles. The lowest BCUT2D eigenvalue weighted by atomic mass is 9.95. The van der Waals surface area contributed by atoms with E-state index in [-0.39, 0.29) is 11.9 Å². The van der Waals surface area contributed by atoms with Gasteiger partial charge >= 0.3 is 0 Å². The number of carbonyl (C=O) groups excluding carboxylic acids is 1. The minimum atomic E-state index is -0.199. The number of benzene rings is 1. The molecule has 0 aliphatic carbocycles. The molecule has 3 nitrogen and oxygen atoms in total. The van der Waals surface area contributed by atoms with Crippen molar-refractivity contribution in [3.05, 3.63) is 35.9 Å². The molecule has 1 aromatic carbocycles. The molecule has 1 saturated heterocycles. The van der Waals surface area contributed by atoms with Crippen LogP contribution in [0.2, 0.25) is 0 Å². The van der Waals surface area contributed by atoms with Crippen molar-refractivity contribution in [1.82, 2.24) is 4.90 Å². The first-order valence-corrected chi connectivity index (χ1v) is 7.21. The van der Waals surface area contributed by atoms with E-state index in [1.54, 1.807) is 0 Å². The topological polar surface area (TPSA) is 46.3 Å². The number of hydrogen-bond acceptors (Lipinski definition) is 2. The van der Waals surface area contributed by atoms with Gasteiger partial charge in [0.15, 0.2) is 0 Å². The Bertz CT molecular complexity index is 408. The second kappa shape index (κ2) is 6.20. The Morgan fingerprint density at radius 2 is 1.84 bits per heavy atom. The maximum atomic E-state index is 12.4. The number of nitrogens with two attached hydrogens (primary N) is 1. The molecule has 1 aromatic rings. The van der Waals surface area contributed by atoms with E-state index >= 15 is 0 Å². The second-order valence-electron chi connectivity index (χ2n) is 5.65. The molecule has 3 atom stereocenters. The van der Waals surface area contributed by atoms with Crippen LogP contribution in [0.15, 0.2) is 30.3 Å². The summed E-state index contributed by atoms with van der Waals surface area (Å²) in [6.07, 6.45) is 3.84. The summed E-state index contributed by atoms with van der Waals surface area (Å²) in [4.78, 5) is 14.5. The van der Waals surface area contributed by atoms with E-state index < -0.39 is 0 Å². The molecule has 2 rings (SSSR count). The quantitative estimate of drug-likeness (QED) is 0.908. The van der Waals surface area contributed by atoms with Gasteiger partial charge in [-0.15, -0.1) is 0 Å². The molecule has 1 heterocycles. The number of rotatable bonds is 3. The molecule has 0 spiro atoms. The molecule has 1 aliphatic rings. The fraction of sp³-hybridized carbons (Fsp3) is 0.562.